The molecule has 3 heteroatoms. The van der Waals surface area contributed by atoms with Crippen molar-refractivity contribution in [3.63, 3.8) is 0 Å². The van der Waals surface area contributed by atoms with Crippen LogP contribution in [0, 0.1) is 5.82 Å². The van der Waals surface area contributed by atoms with Gasteiger partial charge in [0.25, 0.3) is 0 Å². The summed E-state index contributed by atoms with van der Waals surface area (Å²) < 4.78 is 19.8. The molecule has 2 unspecified atom stereocenters. The van der Waals surface area contributed by atoms with Crippen LogP contribution in [0.5, 0.6) is 5.75 Å². The van der Waals surface area contributed by atoms with E-state index in [1.807, 2.05) is 37.3 Å². The largest absolute Gasteiger partial charge is 0.484 e. The van der Waals surface area contributed by atoms with E-state index in [2.05, 4.69) is 0 Å². The van der Waals surface area contributed by atoms with Gasteiger partial charge in [-0.3, -0.25) is 0 Å². The maximum Gasteiger partial charge on any atom is 0.142 e. The monoisotopic (exact) mass is 259 g/mol. The van der Waals surface area contributed by atoms with Crippen LogP contribution in [-0.2, 0) is 0 Å². The molecule has 2 aromatic carbocycles. The molecule has 19 heavy (non-hydrogen) atoms. The lowest BCUT2D eigenvalue weighted by atomic mass is 10.0. The number of para-hydroxylation sites is 1. The number of halogens is 1. The van der Waals surface area contributed by atoms with E-state index in [0.717, 1.165) is 0 Å². The average molecular weight is 259 g/mol. The summed E-state index contributed by atoms with van der Waals surface area (Å²) in [6.07, 6.45) is 0.236. The fourth-order valence-corrected chi connectivity index (χ4v) is 1.95. The van der Waals surface area contributed by atoms with E-state index in [-0.39, 0.29) is 11.9 Å². The van der Waals surface area contributed by atoms with Gasteiger partial charge in [-0.25, -0.2) is 4.39 Å². The fraction of sp³-hybridized carbons (Fsp3) is 0.250. The van der Waals surface area contributed by atoms with E-state index in [9.17, 15) is 4.39 Å². The molecular formula is C16H18FNO. The lowest BCUT2D eigenvalue weighted by molar-refractivity contribution is 0.166. The number of hydrogen-bond acceptors (Lipinski definition) is 2. The zero-order valence-corrected chi connectivity index (χ0v) is 10.9. The van der Waals surface area contributed by atoms with Crippen LogP contribution in [0.15, 0.2) is 54.6 Å². The summed E-state index contributed by atoms with van der Waals surface area (Å²) in [6, 6.07) is 15.7. The maximum absolute atomic E-state index is 13.9. The van der Waals surface area contributed by atoms with Crippen LogP contribution in [0.4, 0.5) is 4.39 Å². The van der Waals surface area contributed by atoms with E-state index in [1.54, 1.807) is 18.2 Å². The van der Waals surface area contributed by atoms with Crippen molar-refractivity contribution in [3.8, 4) is 5.75 Å². The molecule has 0 saturated carbocycles. The van der Waals surface area contributed by atoms with E-state index in [0.29, 0.717) is 17.7 Å². The molecule has 2 rings (SSSR count). The Balaban J connectivity index is 2.29. The van der Waals surface area contributed by atoms with Gasteiger partial charge in [0.2, 0.25) is 0 Å². The SMILES string of the molecule is CCC(N)C(Oc1ccccc1)c1ccccc1F. The van der Waals surface area contributed by atoms with Gasteiger partial charge >= 0.3 is 0 Å². The van der Waals surface area contributed by atoms with E-state index < -0.39 is 6.10 Å². The molecule has 0 radical (unpaired) electrons. The molecule has 100 valence electrons. The molecule has 0 amide bonds. The smallest absolute Gasteiger partial charge is 0.142 e. The molecule has 2 atom stereocenters. The first-order valence-electron chi connectivity index (χ1n) is 6.44. The van der Waals surface area contributed by atoms with Crippen molar-refractivity contribution in [1.82, 2.24) is 0 Å². The van der Waals surface area contributed by atoms with E-state index >= 15 is 0 Å². The second kappa shape index (κ2) is 6.34. The number of hydrogen-bond donors (Lipinski definition) is 1. The minimum absolute atomic E-state index is 0.253. The van der Waals surface area contributed by atoms with Gasteiger partial charge < -0.3 is 10.5 Å². The lowest BCUT2D eigenvalue weighted by Crippen LogP contribution is -2.32. The minimum Gasteiger partial charge on any atom is -0.484 e. The van der Waals surface area contributed by atoms with Gasteiger partial charge in [0.15, 0.2) is 0 Å². The Labute approximate surface area is 113 Å². The highest BCUT2D eigenvalue weighted by Crippen LogP contribution is 2.27. The van der Waals surface area contributed by atoms with Gasteiger partial charge in [-0.15, -0.1) is 0 Å². The van der Waals surface area contributed by atoms with Gasteiger partial charge in [-0.05, 0) is 24.6 Å². The highest BCUT2D eigenvalue weighted by atomic mass is 19.1. The van der Waals surface area contributed by atoms with Crippen molar-refractivity contribution in [3.05, 3.63) is 66.0 Å². The van der Waals surface area contributed by atoms with Crippen molar-refractivity contribution in [2.24, 2.45) is 5.73 Å². The average Bonchev–Trinajstić information content (AvgIpc) is 2.46. The highest BCUT2D eigenvalue weighted by molar-refractivity contribution is 5.26. The van der Waals surface area contributed by atoms with E-state index in [1.165, 1.54) is 6.07 Å². The second-order valence-corrected chi connectivity index (χ2v) is 4.45. The lowest BCUT2D eigenvalue weighted by Gasteiger charge is -2.25. The van der Waals surface area contributed by atoms with Crippen LogP contribution in [0.3, 0.4) is 0 Å². The van der Waals surface area contributed by atoms with Crippen LogP contribution in [0.2, 0.25) is 0 Å². The number of nitrogens with two attached hydrogens (primary N) is 1. The van der Waals surface area contributed by atoms with Crippen LogP contribution >= 0.6 is 0 Å². The van der Waals surface area contributed by atoms with Gasteiger partial charge in [-0.2, -0.15) is 0 Å². The number of ether oxygens (including phenoxy) is 1. The van der Waals surface area contributed by atoms with Crippen LogP contribution in [0.1, 0.15) is 25.0 Å². The first kappa shape index (κ1) is 13.6. The third kappa shape index (κ3) is 3.32. The molecule has 0 heterocycles. The first-order chi connectivity index (χ1) is 9.22. The summed E-state index contributed by atoms with van der Waals surface area (Å²) in [5, 5.41) is 0. The van der Waals surface area contributed by atoms with Crippen LogP contribution < -0.4 is 10.5 Å². The van der Waals surface area contributed by atoms with Crippen molar-refractivity contribution in [1.29, 1.82) is 0 Å². The Bertz CT molecular complexity index is 515. The third-order valence-corrected chi connectivity index (χ3v) is 3.08. The molecule has 0 aromatic heterocycles. The minimum atomic E-state index is -0.478. The zero-order valence-electron chi connectivity index (χ0n) is 10.9. The molecule has 0 aliphatic rings. The Kier molecular flexibility index (Phi) is 4.53. The van der Waals surface area contributed by atoms with Gasteiger partial charge in [0, 0.05) is 11.6 Å². The Hall–Kier alpha value is -1.87. The fourth-order valence-electron chi connectivity index (χ4n) is 1.95. The topological polar surface area (TPSA) is 35.2 Å². The van der Waals surface area contributed by atoms with Crippen molar-refractivity contribution >= 4 is 0 Å². The quantitative estimate of drug-likeness (QED) is 0.889. The summed E-state index contributed by atoms with van der Waals surface area (Å²) in [7, 11) is 0. The van der Waals surface area contributed by atoms with Crippen LogP contribution in [0.25, 0.3) is 0 Å². The van der Waals surface area contributed by atoms with Crippen molar-refractivity contribution in [2.75, 3.05) is 0 Å². The first-order valence-corrected chi connectivity index (χ1v) is 6.44. The summed E-state index contributed by atoms with van der Waals surface area (Å²) >= 11 is 0. The Morgan fingerprint density at radius 3 is 2.32 bits per heavy atom. The summed E-state index contributed by atoms with van der Waals surface area (Å²) in [6.45, 7) is 1.97. The summed E-state index contributed by atoms with van der Waals surface area (Å²) in [4.78, 5) is 0. The highest BCUT2D eigenvalue weighted by Gasteiger charge is 2.23. The molecular weight excluding hydrogens is 241 g/mol. The molecule has 2 N–H and O–H groups in total. The van der Waals surface area contributed by atoms with Gasteiger partial charge in [0.05, 0.1) is 0 Å². The molecule has 0 aliphatic heterocycles. The molecule has 2 nitrogen and oxygen atoms in total. The summed E-state index contributed by atoms with van der Waals surface area (Å²) in [5.41, 5.74) is 6.57. The Morgan fingerprint density at radius 1 is 1.05 bits per heavy atom. The molecule has 0 spiro atoms. The Morgan fingerprint density at radius 2 is 1.68 bits per heavy atom. The predicted octanol–water partition coefficient (Wildman–Crippen LogP) is 3.68. The second-order valence-electron chi connectivity index (χ2n) is 4.45. The molecule has 0 saturated heterocycles. The predicted molar refractivity (Wildman–Crippen MR) is 74.5 cm³/mol. The third-order valence-electron chi connectivity index (χ3n) is 3.08. The van der Waals surface area contributed by atoms with Crippen molar-refractivity contribution in [2.45, 2.75) is 25.5 Å². The van der Waals surface area contributed by atoms with Crippen LogP contribution in [-0.4, -0.2) is 6.04 Å². The summed E-state index contributed by atoms with van der Waals surface area (Å²) in [5.74, 6) is 0.409. The molecule has 0 bridgehead atoms. The standard InChI is InChI=1S/C16H18FNO/c1-2-15(18)16(13-10-6-7-11-14(13)17)19-12-8-4-3-5-9-12/h3-11,15-16H,2,18H2,1H3. The number of rotatable bonds is 5. The zero-order chi connectivity index (χ0) is 13.7. The van der Waals surface area contributed by atoms with E-state index in [4.69, 9.17) is 10.5 Å². The normalized spacial score (nSPS) is 13.8. The molecule has 0 aliphatic carbocycles. The van der Waals surface area contributed by atoms with Crippen molar-refractivity contribution < 1.29 is 9.13 Å². The molecule has 0 fully saturated rings. The number of benzene rings is 2. The molecule has 2 aromatic rings. The van der Waals surface area contributed by atoms with Gasteiger partial charge in [0.1, 0.15) is 17.7 Å². The van der Waals surface area contributed by atoms with Gasteiger partial charge in [-0.1, -0.05) is 43.3 Å². The maximum atomic E-state index is 13.9.